The van der Waals surface area contributed by atoms with Crippen LogP contribution >= 0.6 is 12.8 Å². The molecule has 0 bridgehead atoms. The second-order valence-corrected chi connectivity index (χ2v) is 4.12. The number of rotatable bonds is 8. The molecule has 1 N–H and O–H groups in total. The summed E-state index contributed by atoms with van der Waals surface area (Å²) < 4.78 is 13.5. The summed E-state index contributed by atoms with van der Waals surface area (Å²) in [6.07, 6.45) is 1.99. The number of ketones is 1. The molecule has 0 fully saturated rings. The molecule has 0 spiro atoms. The Morgan fingerprint density at radius 3 is 2.89 bits per heavy atom. The largest absolute Gasteiger partial charge is 0.484 e. The predicted molar refractivity (Wildman–Crippen MR) is 72.1 cm³/mol. The van der Waals surface area contributed by atoms with E-state index in [1.165, 1.54) is 0 Å². The van der Waals surface area contributed by atoms with Gasteiger partial charge in [-0.1, -0.05) is 19.7 Å². The summed E-state index contributed by atoms with van der Waals surface area (Å²) in [5.74, 6) is 1.13. The smallest absolute Gasteiger partial charge is 0.213 e. The molecule has 18 heavy (non-hydrogen) atoms. The van der Waals surface area contributed by atoms with Crippen molar-refractivity contribution in [3.05, 3.63) is 18.3 Å². The number of nitrogens with zero attached hydrogens (tertiary/aromatic N) is 1. The van der Waals surface area contributed by atoms with Gasteiger partial charge in [-0.25, -0.2) is 4.98 Å². The Morgan fingerprint density at radius 2 is 2.33 bits per heavy atom. The third kappa shape index (κ3) is 5.37. The molecular formula is C12H18N2O3S. The highest BCUT2D eigenvalue weighted by molar-refractivity contribution is 7.78. The predicted octanol–water partition coefficient (Wildman–Crippen LogP) is 1.64. The first-order valence-electron chi connectivity index (χ1n) is 5.79. The maximum absolute atomic E-state index is 11.1. The summed E-state index contributed by atoms with van der Waals surface area (Å²) >= 11 is 3.90. The van der Waals surface area contributed by atoms with E-state index in [9.17, 15) is 4.79 Å². The Kier molecular flexibility index (Phi) is 6.53. The molecule has 0 aliphatic carbocycles. The van der Waals surface area contributed by atoms with E-state index >= 15 is 0 Å². The molecule has 0 radical (unpaired) electrons. The highest BCUT2D eigenvalue weighted by Crippen LogP contribution is 2.14. The van der Waals surface area contributed by atoms with Crippen molar-refractivity contribution in [1.82, 2.24) is 9.71 Å². The van der Waals surface area contributed by atoms with Gasteiger partial charge in [-0.2, -0.15) is 0 Å². The van der Waals surface area contributed by atoms with Crippen molar-refractivity contribution >= 4 is 18.6 Å². The summed E-state index contributed by atoms with van der Waals surface area (Å²) in [7, 11) is 0. The molecule has 1 rings (SSSR count). The molecule has 1 atom stereocenters. The molecule has 1 aromatic rings. The zero-order chi connectivity index (χ0) is 13.4. The number of nitrogens with one attached hydrogen (secondary N) is 1. The van der Waals surface area contributed by atoms with Gasteiger partial charge in [0.25, 0.3) is 0 Å². The first kappa shape index (κ1) is 14.8. The van der Waals surface area contributed by atoms with Crippen LogP contribution in [0.3, 0.4) is 0 Å². The quantitative estimate of drug-likeness (QED) is 0.703. The molecule has 1 heterocycles. The van der Waals surface area contributed by atoms with Crippen LogP contribution in [-0.2, 0) is 4.79 Å². The normalized spacial score (nSPS) is 11.9. The van der Waals surface area contributed by atoms with Gasteiger partial charge in [0.1, 0.15) is 18.5 Å². The monoisotopic (exact) mass is 270 g/mol. The van der Waals surface area contributed by atoms with Gasteiger partial charge in [-0.15, -0.1) is 0 Å². The van der Waals surface area contributed by atoms with Crippen LogP contribution in [0.25, 0.3) is 0 Å². The van der Waals surface area contributed by atoms with Crippen molar-refractivity contribution in [1.29, 1.82) is 0 Å². The van der Waals surface area contributed by atoms with E-state index in [0.717, 1.165) is 0 Å². The van der Waals surface area contributed by atoms with Crippen molar-refractivity contribution in [2.75, 3.05) is 13.2 Å². The zero-order valence-electron chi connectivity index (χ0n) is 10.5. The van der Waals surface area contributed by atoms with Gasteiger partial charge in [-0.3, -0.25) is 9.52 Å². The molecule has 0 amide bonds. The Morgan fingerprint density at radius 1 is 1.56 bits per heavy atom. The Labute approximate surface area is 112 Å². The van der Waals surface area contributed by atoms with Gasteiger partial charge < -0.3 is 9.47 Å². The minimum absolute atomic E-state index is 0.0246. The third-order valence-electron chi connectivity index (χ3n) is 2.20. The Hall–Kier alpha value is -1.27. The average molecular weight is 270 g/mol. The molecule has 100 valence electrons. The lowest BCUT2D eigenvalue weighted by atomic mass is 10.3. The van der Waals surface area contributed by atoms with Crippen molar-refractivity contribution < 1.29 is 14.3 Å². The van der Waals surface area contributed by atoms with E-state index in [1.807, 2.05) is 6.92 Å². The molecule has 0 aliphatic heterocycles. The summed E-state index contributed by atoms with van der Waals surface area (Å²) in [5.41, 5.74) is 0. The van der Waals surface area contributed by atoms with E-state index in [2.05, 4.69) is 22.5 Å². The van der Waals surface area contributed by atoms with Crippen molar-refractivity contribution in [2.45, 2.75) is 26.4 Å². The summed E-state index contributed by atoms with van der Waals surface area (Å²) in [6.45, 7) is 4.42. The maximum Gasteiger partial charge on any atom is 0.213 e. The molecule has 1 aromatic heterocycles. The molecule has 0 aliphatic rings. The highest BCUT2D eigenvalue weighted by Gasteiger charge is 2.05. The average Bonchev–Trinajstić information content (AvgIpc) is 2.37. The molecule has 0 unspecified atom stereocenters. The van der Waals surface area contributed by atoms with Crippen LogP contribution in [0.1, 0.15) is 20.3 Å². The van der Waals surface area contributed by atoms with Crippen LogP contribution in [0.5, 0.6) is 11.6 Å². The second kappa shape index (κ2) is 7.94. The Bertz CT molecular complexity index is 370. The van der Waals surface area contributed by atoms with Crippen LogP contribution in [0.15, 0.2) is 18.3 Å². The lowest BCUT2D eigenvalue weighted by molar-refractivity contribution is -0.120. The molecule has 0 saturated heterocycles. The molecular weight excluding hydrogens is 252 g/mol. The van der Waals surface area contributed by atoms with Gasteiger partial charge >= 0.3 is 0 Å². The summed E-state index contributed by atoms with van der Waals surface area (Å²) in [6, 6.07) is 3.44. The molecule has 0 saturated carbocycles. The van der Waals surface area contributed by atoms with Crippen LogP contribution < -0.4 is 14.2 Å². The third-order valence-corrected chi connectivity index (χ3v) is 2.39. The van der Waals surface area contributed by atoms with Gasteiger partial charge in [0.15, 0.2) is 5.78 Å². The Balaban J connectivity index is 2.44. The number of carbonyl (C=O) groups excluding carboxylic acids is 1. The summed E-state index contributed by atoms with van der Waals surface area (Å²) in [4.78, 5) is 15.2. The van der Waals surface area contributed by atoms with Crippen LogP contribution in [0.2, 0.25) is 0 Å². The van der Waals surface area contributed by atoms with Gasteiger partial charge in [0, 0.05) is 19.0 Å². The van der Waals surface area contributed by atoms with Crippen LogP contribution in [0, 0.1) is 0 Å². The standard InChI is InChI=1S/C12H18N2O3S/c1-3-10(15)8-16-11-4-5-12(13-7-11)17-9(2)6-14-18/h4-5,7,9,14,18H,3,6,8H2,1-2H3/t9-/m1/s1. The molecule has 0 aromatic carbocycles. The number of hydrogen-bond acceptors (Lipinski definition) is 6. The van der Waals surface area contributed by atoms with Gasteiger partial charge in [-0.05, 0) is 13.0 Å². The first-order valence-corrected chi connectivity index (χ1v) is 6.24. The van der Waals surface area contributed by atoms with E-state index in [1.54, 1.807) is 25.3 Å². The molecule has 6 heteroatoms. The van der Waals surface area contributed by atoms with Crippen LogP contribution in [-0.4, -0.2) is 30.0 Å². The second-order valence-electron chi connectivity index (χ2n) is 3.80. The maximum atomic E-state index is 11.1. The van der Waals surface area contributed by atoms with E-state index < -0.39 is 0 Å². The lowest BCUT2D eigenvalue weighted by Crippen LogP contribution is -2.23. The lowest BCUT2D eigenvalue weighted by Gasteiger charge is -2.13. The van der Waals surface area contributed by atoms with Crippen molar-refractivity contribution in [2.24, 2.45) is 0 Å². The zero-order valence-corrected chi connectivity index (χ0v) is 11.4. The number of aromatic nitrogens is 1. The number of pyridine rings is 1. The number of Topliss-reactive ketones (excluding diaryl/α,β-unsaturated/α-hetero) is 1. The SMILES string of the molecule is CCC(=O)COc1ccc(O[C@H](C)CNS)nc1. The minimum Gasteiger partial charge on any atom is -0.484 e. The number of carbonyl (C=O) groups is 1. The number of thiol groups is 1. The first-order chi connectivity index (χ1) is 8.65. The highest BCUT2D eigenvalue weighted by atomic mass is 32.1. The van der Waals surface area contributed by atoms with Crippen LogP contribution in [0.4, 0.5) is 0 Å². The fraction of sp³-hybridized carbons (Fsp3) is 0.500. The number of hydrogen-bond donors (Lipinski definition) is 2. The van der Waals surface area contributed by atoms with Crippen molar-refractivity contribution in [3.8, 4) is 11.6 Å². The van der Waals surface area contributed by atoms with Crippen molar-refractivity contribution in [3.63, 3.8) is 0 Å². The summed E-state index contributed by atoms with van der Waals surface area (Å²) in [5, 5.41) is 0. The van der Waals surface area contributed by atoms with E-state index in [0.29, 0.717) is 24.6 Å². The van der Waals surface area contributed by atoms with E-state index in [4.69, 9.17) is 9.47 Å². The topological polar surface area (TPSA) is 60.5 Å². The number of ether oxygens (including phenoxy) is 2. The minimum atomic E-state index is -0.0246. The molecule has 5 nitrogen and oxygen atoms in total. The van der Waals surface area contributed by atoms with E-state index in [-0.39, 0.29) is 18.5 Å². The van der Waals surface area contributed by atoms with Gasteiger partial charge in [0.2, 0.25) is 5.88 Å². The fourth-order valence-corrected chi connectivity index (χ4v) is 1.42. The fourth-order valence-electron chi connectivity index (χ4n) is 1.16. The van der Waals surface area contributed by atoms with Gasteiger partial charge in [0.05, 0.1) is 6.20 Å².